The third-order valence-electron chi connectivity index (χ3n) is 3.25. The maximum atomic E-state index is 5.84. The lowest BCUT2D eigenvalue weighted by Crippen LogP contribution is -1.95. The van der Waals surface area contributed by atoms with Crippen LogP contribution in [0.5, 0.6) is 5.75 Å². The number of rotatable bonds is 7. The van der Waals surface area contributed by atoms with E-state index < -0.39 is 0 Å². The van der Waals surface area contributed by atoms with Crippen LogP contribution >= 0.6 is 34.7 Å². The van der Waals surface area contributed by atoms with Crippen molar-refractivity contribution in [3.63, 3.8) is 0 Å². The molecule has 6 nitrogen and oxygen atoms in total. The molecule has 4 rings (SSSR count). The van der Waals surface area contributed by atoms with E-state index in [9.17, 15) is 0 Å². The summed E-state index contributed by atoms with van der Waals surface area (Å²) in [4.78, 5) is 5.46. The summed E-state index contributed by atoms with van der Waals surface area (Å²) in [6.45, 7) is 0.196. The molecule has 0 unspecified atom stereocenters. The third kappa shape index (κ3) is 4.27. The summed E-state index contributed by atoms with van der Waals surface area (Å²) < 4.78 is 16.6. The molecule has 0 aliphatic rings. The van der Waals surface area contributed by atoms with Crippen LogP contribution in [0.4, 0.5) is 0 Å². The second kappa shape index (κ2) is 7.94. The summed E-state index contributed by atoms with van der Waals surface area (Å²) in [6.07, 6.45) is 1.64. The van der Waals surface area contributed by atoms with Gasteiger partial charge in [0, 0.05) is 10.8 Å². The van der Waals surface area contributed by atoms with Gasteiger partial charge in [-0.15, -0.1) is 21.5 Å². The number of aromatic nitrogens is 3. The predicted molar refractivity (Wildman–Crippen MR) is 99.5 cm³/mol. The molecular formula is C17H12ClN3O3S2. The van der Waals surface area contributed by atoms with Crippen LogP contribution in [0.1, 0.15) is 11.6 Å². The number of oxazole rings is 1. The lowest BCUT2D eigenvalue weighted by Gasteiger charge is -2.02. The zero-order chi connectivity index (χ0) is 17.8. The minimum Gasteiger partial charge on any atom is -0.484 e. The van der Waals surface area contributed by atoms with Crippen LogP contribution in [0.3, 0.4) is 0 Å². The smallest absolute Gasteiger partial charge is 0.277 e. The summed E-state index contributed by atoms with van der Waals surface area (Å²) in [7, 11) is 0. The monoisotopic (exact) mass is 405 g/mol. The molecule has 4 aromatic rings. The minimum absolute atomic E-state index is 0.196. The maximum Gasteiger partial charge on any atom is 0.277 e. The van der Waals surface area contributed by atoms with Gasteiger partial charge in [-0.05, 0) is 35.7 Å². The van der Waals surface area contributed by atoms with Gasteiger partial charge in [0.1, 0.15) is 12.0 Å². The Hall–Kier alpha value is -2.29. The van der Waals surface area contributed by atoms with Gasteiger partial charge in [-0.3, -0.25) is 0 Å². The van der Waals surface area contributed by atoms with Crippen molar-refractivity contribution >= 4 is 34.7 Å². The van der Waals surface area contributed by atoms with Crippen molar-refractivity contribution in [3.05, 3.63) is 64.6 Å². The van der Waals surface area contributed by atoms with Gasteiger partial charge in [0.15, 0.2) is 6.61 Å². The van der Waals surface area contributed by atoms with Crippen LogP contribution in [0.2, 0.25) is 5.02 Å². The fraction of sp³-hybridized carbons (Fsp3) is 0.118. The molecule has 0 amide bonds. The molecule has 9 heteroatoms. The number of hydrogen-bond acceptors (Lipinski definition) is 8. The van der Waals surface area contributed by atoms with E-state index >= 15 is 0 Å². The van der Waals surface area contributed by atoms with E-state index in [1.54, 1.807) is 41.9 Å². The van der Waals surface area contributed by atoms with Gasteiger partial charge >= 0.3 is 0 Å². The van der Waals surface area contributed by atoms with Crippen LogP contribution < -0.4 is 4.74 Å². The van der Waals surface area contributed by atoms with Crippen molar-refractivity contribution in [1.29, 1.82) is 0 Å². The number of thioether (sulfide) groups is 1. The molecule has 1 aromatic carbocycles. The number of nitrogens with zero attached hydrogens (tertiary/aromatic N) is 3. The third-order valence-corrected chi connectivity index (χ3v) is 5.21. The van der Waals surface area contributed by atoms with E-state index in [0.29, 0.717) is 33.5 Å². The summed E-state index contributed by atoms with van der Waals surface area (Å²) in [5.74, 6) is 2.29. The van der Waals surface area contributed by atoms with Gasteiger partial charge < -0.3 is 13.6 Å². The Morgan fingerprint density at radius 2 is 2.04 bits per heavy atom. The molecule has 0 saturated heterocycles. The second-order valence-corrected chi connectivity index (χ2v) is 7.42. The average molecular weight is 406 g/mol. The molecule has 0 aliphatic heterocycles. The molecular weight excluding hydrogens is 394 g/mol. The quantitative estimate of drug-likeness (QED) is 0.385. The highest BCUT2D eigenvalue weighted by Gasteiger charge is 2.11. The van der Waals surface area contributed by atoms with E-state index in [1.807, 2.05) is 17.5 Å². The Labute approximate surface area is 162 Å². The molecule has 26 heavy (non-hydrogen) atoms. The zero-order valence-corrected chi connectivity index (χ0v) is 15.7. The summed E-state index contributed by atoms with van der Waals surface area (Å²) in [5.41, 5.74) is 0.815. The van der Waals surface area contributed by atoms with Gasteiger partial charge in [-0.2, -0.15) is 0 Å². The number of ether oxygens (including phenoxy) is 1. The highest BCUT2D eigenvalue weighted by molar-refractivity contribution is 7.98. The topological polar surface area (TPSA) is 74.2 Å². The van der Waals surface area contributed by atoms with E-state index in [0.717, 1.165) is 10.6 Å². The molecule has 3 aromatic heterocycles. The van der Waals surface area contributed by atoms with Crippen LogP contribution in [-0.2, 0) is 12.4 Å². The summed E-state index contributed by atoms with van der Waals surface area (Å²) in [5, 5.41) is 11.1. The maximum absolute atomic E-state index is 5.84. The molecule has 0 bridgehead atoms. The highest BCUT2D eigenvalue weighted by atomic mass is 35.5. The molecule has 0 saturated carbocycles. The Kier molecular flexibility index (Phi) is 5.24. The number of benzene rings is 1. The summed E-state index contributed by atoms with van der Waals surface area (Å²) in [6, 6.07) is 11.0. The number of hydrogen-bond donors (Lipinski definition) is 0. The number of thiophene rings is 1. The normalized spacial score (nSPS) is 11.0. The average Bonchev–Trinajstić information content (AvgIpc) is 3.40. The molecule has 132 valence electrons. The molecule has 0 radical (unpaired) electrons. The van der Waals surface area contributed by atoms with Crippen molar-refractivity contribution in [2.24, 2.45) is 0 Å². The largest absolute Gasteiger partial charge is 0.484 e. The molecule has 0 spiro atoms. The lowest BCUT2D eigenvalue weighted by atomic mass is 10.3. The first-order chi connectivity index (χ1) is 12.8. The molecule has 0 N–H and O–H groups in total. The molecule has 0 atom stereocenters. The SMILES string of the molecule is Clc1ccc(OCc2nnc(SCc3coc(-c4cccs4)n3)o2)cc1. The van der Waals surface area contributed by atoms with Crippen LogP contribution in [0.15, 0.2) is 62.1 Å². The van der Waals surface area contributed by atoms with Gasteiger partial charge in [-0.25, -0.2) is 4.98 Å². The van der Waals surface area contributed by atoms with Crippen molar-refractivity contribution in [1.82, 2.24) is 15.2 Å². The van der Waals surface area contributed by atoms with E-state index in [2.05, 4.69) is 15.2 Å². The first-order valence-electron chi connectivity index (χ1n) is 7.58. The predicted octanol–water partition coefficient (Wildman–Crippen LogP) is 5.31. The van der Waals surface area contributed by atoms with Crippen molar-refractivity contribution in [2.45, 2.75) is 17.6 Å². The Morgan fingerprint density at radius 3 is 2.85 bits per heavy atom. The second-order valence-electron chi connectivity index (χ2n) is 5.11. The first-order valence-corrected chi connectivity index (χ1v) is 9.82. The van der Waals surface area contributed by atoms with Gasteiger partial charge in [-0.1, -0.05) is 29.4 Å². The van der Waals surface area contributed by atoms with Crippen molar-refractivity contribution < 1.29 is 13.6 Å². The van der Waals surface area contributed by atoms with Gasteiger partial charge in [0.05, 0.1) is 10.6 Å². The Bertz CT molecular complexity index is 967. The van der Waals surface area contributed by atoms with Gasteiger partial charge in [0.2, 0.25) is 5.89 Å². The summed E-state index contributed by atoms with van der Waals surface area (Å²) >= 11 is 8.82. The minimum atomic E-state index is 0.196. The Balaban J connectivity index is 1.30. The van der Waals surface area contributed by atoms with Crippen molar-refractivity contribution in [3.8, 4) is 16.5 Å². The lowest BCUT2D eigenvalue weighted by molar-refractivity contribution is 0.252. The fourth-order valence-corrected chi connectivity index (χ4v) is 3.49. The molecule has 3 heterocycles. The molecule has 0 fully saturated rings. The highest BCUT2D eigenvalue weighted by Crippen LogP contribution is 2.27. The van der Waals surface area contributed by atoms with Crippen LogP contribution in [-0.4, -0.2) is 15.2 Å². The van der Waals surface area contributed by atoms with E-state index in [-0.39, 0.29) is 6.61 Å². The first kappa shape index (κ1) is 17.1. The van der Waals surface area contributed by atoms with Crippen LogP contribution in [0, 0.1) is 0 Å². The molecule has 0 aliphatic carbocycles. The fourth-order valence-electron chi connectivity index (χ4n) is 2.05. The van der Waals surface area contributed by atoms with E-state index in [1.165, 1.54) is 11.8 Å². The zero-order valence-electron chi connectivity index (χ0n) is 13.3. The van der Waals surface area contributed by atoms with Crippen LogP contribution in [0.25, 0.3) is 10.8 Å². The van der Waals surface area contributed by atoms with Crippen molar-refractivity contribution in [2.75, 3.05) is 0 Å². The van der Waals surface area contributed by atoms with Gasteiger partial charge in [0.25, 0.3) is 11.1 Å². The number of halogens is 1. The van der Waals surface area contributed by atoms with E-state index in [4.69, 9.17) is 25.2 Å². The Morgan fingerprint density at radius 1 is 1.15 bits per heavy atom. The standard InChI is InChI=1S/C17H12ClN3O3S2/c18-11-3-5-13(6-4-11)22-9-15-20-21-17(24-15)26-10-12-8-23-16(19-12)14-2-1-7-25-14/h1-8H,9-10H2.